The summed E-state index contributed by atoms with van der Waals surface area (Å²) in [7, 11) is 0. The lowest BCUT2D eigenvalue weighted by Gasteiger charge is -2.30. The minimum Gasteiger partial charge on any atom is -0.310 e. The van der Waals surface area contributed by atoms with Crippen LogP contribution in [-0.2, 0) is 0 Å². The number of anilines is 5. The molecule has 0 unspecified atom stereocenters. The number of rotatable bonds is 10. The molecule has 1 aliphatic rings. The van der Waals surface area contributed by atoms with Gasteiger partial charge in [0, 0.05) is 33.5 Å². The molecule has 1 aliphatic carbocycles. The lowest BCUT2D eigenvalue weighted by Crippen LogP contribution is -2.16. The first-order chi connectivity index (χ1) is 27.1. The topological polar surface area (TPSA) is 6.48 Å². The summed E-state index contributed by atoms with van der Waals surface area (Å²) >= 11 is 0. The molecule has 2 nitrogen and oxygen atoms in total. The van der Waals surface area contributed by atoms with Crippen molar-refractivity contribution in [3.63, 3.8) is 0 Å². The number of aryl methyl sites for hydroxylation is 1. The molecule has 270 valence electrons. The number of benzene rings is 7. The zero-order valence-electron chi connectivity index (χ0n) is 32.3. The second-order valence-corrected chi connectivity index (χ2v) is 14.4. The van der Waals surface area contributed by atoms with Crippen LogP contribution < -0.4 is 9.80 Å². The largest absolute Gasteiger partial charge is 0.310 e. The molecule has 0 heterocycles. The zero-order chi connectivity index (χ0) is 37.7. The summed E-state index contributed by atoms with van der Waals surface area (Å²) in [4.78, 5) is 4.88. The van der Waals surface area contributed by atoms with Crippen molar-refractivity contribution in [2.75, 3.05) is 9.80 Å². The van der Waals surface area contributed by atoms with E-state index in [1.54, 1.807) is 0 Å². The van der Waals surface area contributed by atoms with E-state index in [1.807, 2.05) is 0 Å². The Hall–Kier alpha value is -6.38. The molecular formula is C53H48N2. The molecule has 0 amide bonds. The van der Waals surface area contributed by atoms with Crippen molar-refractivity contribution >= 4 is 66.8 Å². The van der Waals surface area contributed by atoms with E-state index in [4.69, 9.17) is 0 Å². The fourth-order valence-electron chi connectivity index (χ4n) is 8.00. The van der Waals surface area contributed by atoms with Gasteiger partial charge in [-0.2, -0.15) is 0 Å². The van der Waals surface area contributed by atoms with Crippen LogP contribution in [0, 0.1) is 6.92 Å². The molecule has 0 atom stereocenters. The van der Waals surface area contributed by atoms with Gasteiger partial charge in [0.05, 0.1) is 11.4 Å². The molecule has 0 aliphatic heterocycles. The summed E-state index contributed by atoms with van der Waals surface area (Å²) < 4.78 is 0. The predicted octanol–water partition coefficient (Wildman–Crippen LogP) is 15.6. The first-order valence-electron chi connectivity index (χ1n) is 19.6. The van der Waals surface area contributed by atoms with E-state index < -0.39 is 0 Å². The smallest absolute Gasteiger partial charge is 0.0546 e. The van der Waals surface area contributed by atoms with Crippen LogP contribution in [0.4, 0.5) is 28.4 Å². The summed E-state index contributed by atoms with van der Waals surface area (Å²) in [5.41, 5.74) is 12.0. The summed E-state index contributed by atoms with van der Waals surface area (Å²) in [6, 6.07) is 51.2. The highest BCUT2D eigenvalue weighted by atomic mass is 15.2. The van der Waals surface area contributed by atoms with Crippen molar-refractivity contribution in [1.29, 1.82) is 0 Å². The van der Waals surface area contributed by atoms with Crippen molar-refractivity contribution < 1.29 is 0 Å². The SMILES string of the molecule is C/C=C\C(=C/C1=C(C)CCC=C1)N(c1ccccc1)c1cc2cc(N(c3ccccc3)c3ccc(C)c(/C=C\CC)c3)c3ccccc3c2c2ccccc12. The normalized spacial score (nSPS) is 13.6. The Balaban J connectivity index is 1.46. The summed E-state index contributed by atoms with van der Waals surface area (Å²) in [5, 5.41) is 7.35. The van der Waals surface area contributed by atoms with Crippen LogP contribution in [0.2, 0.25) is 0 Å². The Kier molecular flexibility index (Phi) is 10.3. The number of fused-ring (bicyclic) bond motifs is 5. The van der Waals surface area contributed by atoms with Crippen molar-refractivity contribution in [2.45, 2.75) is 47.0 Å². The summed E-state index contributed by atoms with van der Waals surface area (Å²) in [6.07, 6.45) is 19.0. The van der Waals surface area contributed by atoms with Gasteiger partial charge in [0.1, 0.15) is 0 Å². The molecule has 0 fully saturated rings. The van der Waals surface area contributed by atoms with Gasteiger partial charge >= 0.3 is 0 Å². The summed E-state index contributed by atoms with van der Waals surface area (Å²) in [6.45, 7) is 8.76. The second kappa shape index (κ2) is 15.9. The van der Waals surface area contributed by atoms with Gasteiger partial charge in [0.15, 0.2) is 0 Å². The van der Waals surface area contributed by atoms with E-state index in [-0.39, 0.29) is 0 Å². The van der Waals surface area contributed by atoms with E-state index in [1.165, 1.54) is 54.6 Å². The fraction of sp³-hybridized carbons (Fsp3) is 0.132. The van der Waals surface area contributed by atoms with Gasteiger partial charge in [-0.3, -0.25) is 0 Å². The third kappa shape index (κ3) is 7.04. The molecule has 0 bridgehead atoms. The van der Waals surface area contributed by atoms with E-state index in [9.17, 15) is 0 Å². The van der Waals surface area contributed by atoms with Crippen molar-refractivity contribution in [3.05, 3.63) is 204 Å². The van der Waals surface area contributed by atoms with Gasteiger partial charge in [-0.15, -0.1) is 0 Å². The van der Waals surface area contributed by atoms with Crippen LogP contribution >= 0.6 is 0 Å². The van der Waals surface area contributed by atoms with Crippen LogP contribution in [-0.4, -0.2) is 0 Å². The van der Waals surface area contributed by atoms with Gasteiger partial charge in [0.25, 0.3) is 0 Å². The standard InChI is InChI=1S/C53H48N2/c1-5-7-22-40-35-46(33-32-39(40)4)55(44-26-12-9-13-27-44)52-37-42-36-51(47-28-16-18-30-49(47)53(42)50-31-19-17-29-48(50)52)54(43-24-10-8-11-25-43)45(20-6-2)34-41-23-15-14-21-38(41)3/h6-13,15-20,22-37H,5,14,21H2,1-4H3/b20-6-,22-7-,45-34+. The van der Waals surface area contributed by atoms with E-state index in [0.717, 1.165) is 53.4 Å². The van der Waals surface area contributed by atoms with E-state index in [0.29, 0.717) is 0 Å². The minimum atomic E-state index is 0.997. The maximum atomic E-state index is 2.45. The monoisotopic (exact) mass is 712 g/mol. The van der Waals surface area contributed by atoms with Gasteiger partial charge < -0.3 is 9.80 Å². The summed E-state index contributed by atoms with van der Waals surface area (Å²) in [5.74, 6) is 0. The van der Waals surface area contributed by atoms with Crippen LogP contribution in [0.3, 0.4) is 0 Å². The number of para-hydroxylation sites is 2. The number of allylic oxidation sites excluding steroid dienone is 8. The highest BCUT2D eigenvalue weighted by Crippen LogP contribution is 2.47. The Morgan fingerprint density at radius 2 is 1.27 bits per heavy atom. The quantitative estimate of drug-likeness (QED) is 0.103. The Bertz CT molecular complexity index is 2660. The van der Waals surface area contributed by atoms with Crippen LogP contribution in [0.25, 0.3) is 38.4 Å². The van der Waals surface area contributed by atoms with Crippen molar-refractivity contribution in [1.82, 2.24) is 0 Å². The Morgan fingerprint density at radius 1 is 0.655 bits per heavy atom. The molecule has 0 saturated carbocycles. The third-order valence-corrected chi connectivity index (χ3v) is 10.8. The van der Waals surface area contributed by atoms with Gasteiger partial charge in [0.2, 0.25) is 0 Å². The Labute approximate surface area is 326 Å². The maximum Gasteiger partial charge on any atom is 0.0546 e. The molecule has 7 aromatic rings. The van der Waals surface area contributed by atoms with Crippen molar-refractivity contribution in [3.8, 4) is 0 Å². The first kappa shape index (κ1) is 35.6. The lowest BCUT2D eigenvalue weighted by atomic mass is 9.92. The third-order valence-electron chi connectivity index (χ3n) is 10.8. The molecule has 0 radical (unpaired) electrons. The van der Waals surface area contributed by atoms with Gasteiger partial charge in [-0.1, -0.05) is 134 Å². The van der Waals surface area contributed by atoms with Crippen molar-refractivity contribution in [2.24, 2.45) is 0 Å². The molecule has 0 aromatic heterocycles. The highest BCUT2D eigenvalue weighted by molar-refractivity contribution is 6.26. The number of nitrogens with zero attached hydrogens (tertiary/aromatic N) is 2. The van der Waals surface area contributed by atoms with Gasteiger partial charge in [-0.05, 0) is 139 Å². The zero-order valence-corrected chi connectivity index (χ0v) is 32.3. The number of hydrogen-bond acceptors (Lipinski definition) is 2. The van der Waals surface area contributed by atoms with Crippen LogP contribution in [0.5, 0.6) is 0 Å². The molecule has 0 spiro atoms. The highest BCUT2D eigenvalue weighted by Gasteiger charge is 2.22. The molecule has 0 saturated heterocycles. The fourth-order valence-corrected chi connectivity index (χ4v) is 8.00. The Morgan fingerprint density at radius 3 is 1.93 bits per heavy atom. The molecule has 8 rings (SSSR count). The molecule has 0 N–H and O–H groups in total. The molecule has 7 aromatic carbocycles. The maximum absolute atomic E-state index is 2.45. The van der Waals surface area contributed by atoms with E-state index >= 15 is 0 Å². The molecule has 2 heteroatoms. The average Bonchev–Trinajstić information content (AvgIpc) is 3.22. The number of hydrogen-bond donors (Lipinski definition) is 0. The second-order valence-electron chi connectivity index (χ2n) is 14.4. The lowest BCUT2D eigenvalue weighted by molar-refractivity contribution is 0.947. The molecule has 55 heavy (non-hydrogen) atoms. The first-order valence-corrected chi connectivity index (χ1v) is 19.6. The van der Waals surface area contributed by atoms with Gasteiger partial charge in [-0.25, -0.2) is 0 Å². The minimum absolute atomic E-state index is 0.997. The van der Waals surface area contributed by atoms with Crippen LogP contribution in [0.1, 0.15) is 51.2 Å². The molecular weight excluding hydrogens is 665 g/mol. The van der Waals surface area contributed by atoms with E-state index in [2.05, 4.69) is 220 Å². The average molecular weight is 713 g/mol. The van der Waals surface area contributed by atoms with Crippen LogP contribution in [0.15, 0.2) is 193 Å². The predicted molar refractivity (Wildman–Crippen MR) is 240 cm³/mol.